The number of fused-ring (bicyclic) bond motifs is 1. The van der Waals surface area contributed by atoms with Crippen molar-refractivity contribution in [3.8, 4) is 0 Å². The van der Waals surface area contributed by atoms with Gasteiger partial charge < -0.3 is 10.2 Å². The van der Waals surface area contributed by atoms with E-state index in [4.69, 9.17) is 23.2 Å². The van der Waals surface area contributed by atoms with Crippen LogP contribution in [-0.2, 0) is 17.6 Å². The summed E-state index contributed by atoms with van der Waals surface area (Å²) in [6, 6.07) is 20.0. The number of nitrogens with one attached hydrogen (secondary N) is 1. The molecule has 4 rings (SSSR count). The number of carbonyl (C=O) groups excluding carboxylic acids is 2. The van der Waals surface area contributed by atoms with Gasteiger partial charge in [-0.3, -0.25) is 9.59 Å². The maximum Gasteiger partial charge on any atom is 0.258 e. The third-order valence-electron chi connectivity index (χ3n) is 4.90. The summed E-state index contributed by atoms with van der Waals surface area (Å²) in [6.45, 7) is 0.681. The summed E-state index contributed by atoms with van der Waals surface area (Å²) in [7, 11) is 0. The fourth-order valence-corrected chi connectivity index (χ4v) is 3.76. The molecule has 0 atom stereocenters. The molecule has 1 heterocycles. The zero-order chi connectivity index (χ0) is 20.4. The average molecular weight is 425 g/mol. The minimum Gasteiger partial charge on any atom is -0.326 e. The van der Waals surface area contributed by atoms with Crippen molar-refractivity contribution in [2.75, 3.05) is 16.8 Å². The molecule has 0 saturated carbocycles. The lowest BCUT2D eigenvalue weighted by Crippen LogP contribution is -2.28. The van der Waals surface area contributed by atoms with E-state index in [1.54, 1.807) is 47.4 Å². The van der Waals surface area contributed by atoms with Crippen LogP contribution in [0.25, 0.3) is 0 Å². The van der Waals surface area contributed by atoms with Crippen molar-refractivity contribution < 1.29 is 9.59 Å². The summed E-state index contributed by atoms with van der Waals surface area (Å²) >= 11 is 11.9. The number of hydrogen-bond acceptors (Lipinski definition) is 2. The van der Waals surface area contributed by atoms with E-state index in [0.717, 1.165) is 17.7 Å². The molecule has 1 N–H and O–H groups in total. The third kappa shape index (κ3) is 4.29. The summed E-state index contributed by atoms with van der Waals surface area (Å²) in [5.74, 6) is -0.209. The van der Waals surface area contributed by atoms with Crippen LogP contribution in [0.4, 0.5) is 11.4 Å². The van der Waals surface area contributed by atoms with E-state index in [0.29, 0.717) is 27.8 Å². The zero-order valence-electron chi connectivity index (χ0n) is 15.5. The molecule has 29 heavy (non-hydrogen) atoms. The molecule has 1 aliphatic heterocycles. The lowest BCUT2D eigenvalue weighted by Gasteiger charge is -2.17. The average Bonchev–Trinajstić information content (AvgIpc) is 3.15. The number of nitrogens with zero attached hydrogens (tertiary/aromatic N) is 1. The molecule has 0 aliphatic carbocycles. The highest BCUT2D eigenvalue weighted by molar-refractivity contribution is 6.42. The SMILES string of the molecule is O=C(Cc1ccc(Cl)c(Cl)c1)Nc1ccc(C(=O)N2CCc3ccccc32)cc1. The van der Waals surface area contributed by atoms with Crippen molar-refractivity contribution in [1.29, 1.82) is 0 Å². The highest BCUT2D eigenvalue weighted by atomic mass is 35.5. The van der Waals surface area contributed by atoms with E-state index in [1.807, 2.05) is 18.2 Å². The Morgan fingerprint density at radius 2 is 1.69 bits per heavy atom. The summed E-state index contributed by atoms with van der Waals surface area (Å²) in [5, 5.41) is 3.71. The fraction of sp³-hybridized carbons (Fsp3) is 0.130. The Kier molecular flexibility index (Phi) is 5.56. The minimum absolute atomic E-state index is 0.0383. The van der Waals surface area contributed by atoms with Crippen molar-refractivity contribution >= 4 is 46.4 Å². The number of amides is 2. The first-order valence-electron chi connectivity index (χ1n) is 9.25. The maximum atomic E-state index is 12.9. The highest BCUT2D eigenvalue weighted by Gasteiger charge is 2.25. The predicted molar refractivity (Wildman–Crippen MR) is 117 cm³/mol. The molecule has 6 heteroatoms. The van der Waals surface area contributed by atoms with Gasteiger partial charge in [0.2, 0.25) is 5.91 Å². The molecule has 0 unspecified atom stereocenters. The molecule has 0 radical (unpaired) electrons. The van der Waals surface area contributed by atoms with Gasteiger partial charge in [0.1, 0.15) is 0 Å². The normalized spacial score (nSPS) is 12.6. The Morgan fingerprint density at radius 3 is 2.45 bits per heavy atom. The molecule has 0 aromatic heterocycles. The van der Waals surface area contributed by atoms with E-state index in [1.165, 1.54) is 5.56 Å². The van der Waals surface area contributed by atoms with Crippen LogP contribution in [0.5, 0.6) is 0 Å². The van der Waals surface area contributed by atoms with Crippen LogP contribution in [-0.4, -0.2) is 18.4 Å². The second-order valence-electron chi connectivity index (χ2n) is 6.89. The molecule has 3 aromatic rings. The summed E-state index contributed by atoms with van der Waals surface area (Å²) in [6.07, 6.45) is 1.05. The lowest BCUT2D eigenvalue weighted by atomic mass is 10.1. The Morgan fingerprint density at radius 1 is 0.931 bits per heavy atom. The molecule has 2 amide bonds. The molecule has 0 fully saturated rings. The quantitative estimate of drug-likeness (QED) is 0.611. The van der Waals surface area contributed by atoms with Gasteiger partial charge in [-0.05, 0) is 60.0 Å². The number of para-hydroxylation sites is 1. The van der Waals surface area contributed by atoms with Crippen molar-refractivity contribution in [2.45, 2.75) is 12.8 Å². The van der Waals surface area contributed by atoms with Crippen LogP contribution in [0.2, 0.25) is 10.0 Å². The number of carbonyl (C=O) groups is 2. The molecule has 0 spiro atoms. The first kappa shape index (κ1) is 19.5. The van der Waals surface area contributed by atoms with Crippen LogP contribution >= 0.6 is 23.2 Å². The van der Waals surface area contributed by atoms with Gasteiger partial charge in [0.05, 0.1) is 16.5 Å². The fourth-order valence-electron chi connectivity index (χ4n) is 3.44. The number of rotatable bonds is 4. The van der Waals surface area contributed by atoms with E-state index in [-0.39, 0.29) is 18.2 Å². The largest absolute Gasteiger partial charge is 0.326 e. The van der Waals surface area contributed by atoms with Crippen molar-refractivity contribution in [3.05, 3.63) is 93.5 Å². The van der Waals surface area contributed by atoms with Gasteiger partial charge in [0.25, 0.3) is 5.91 Å². The van der Waals surface area contributed by atoms with Gasteiger partial charge in [0.15, 0.2) is 0 Å². The van der Waals surface area contributed by atoms with Crippen LogP contribution in [0.15, 0.2) is 66.7 Å². The Bertz CT molecular complexity index is 1080. The van der Waals surface area contributed by atoms with Crippen molar-refractivity contribution in [1.82, 2.24) is 0 Å². The van der Waals surface area contributed by atoms with Crippen LogP contribution in [0.3, 0.4) is 0 Å². The molecule has 4 nitrogen and oxygen atoms in total. The minimum atomic E-state index is -0.170. The Labute approximate surface area is 179 Å². The zero-order valence-corrected chi connectivity index (χ0v) is 17.0. The molecule has 3 aromatic carbocycles. The van der Waals surface area contributed by atoms with Crippen molar-refractivity contribution in [3.63, 3.8) is 0 Å². The van der Waals surface area contributed by atoms with E-state index in [2.05, 4.69) is 11.4 Å². The maximum absolute atomic E-state index is 12.9. The first-order chi connectivity index (χ1) is 14.0. The van der Waals surface area contributed by atoms with Gasteiger partial charge in [0, 0.05) is 23.5 Å². The molecule has 146 valence electrons. The number of benzene rings is 3. The van der Waals surface area contributed by atoms with Crippen LogP contribution in [0, 0.1) is 0 Å². The predicted octanol–water partition coefficient (Wildman–Crippen LogP) is 5.38. The summed E-state index contributed by atoms with van der Waals surface area (Å²) < 4.78 is 0. The number of anilines is 2. The highest BCUT2D eigenvalue weighted by Crippen LogP contribution is 2.29. The first-order valence-corrected chi connectivity index (χ1v) is 10.0. The second-order valence-corrected chi connectivity index (χ2v) is 7.70. The van der Waals surface area contributed by atoms with Crippen LogP contribution in [0.1, 0.15) is 21.5 Å². The standard InChI is InChI=1S/C23H18Cl2N2O2/c24-19-10-5-15(13-20(19)25)14-22(28)26-18-8-6-17(7-9-18)23(29)27-12-11-16-3-1-2-4-21(16)27/h1-10,13H,11-12,14H2,(H,26,28). The van der Waals surface area contributed by atoms with Gasteiger partial charge in [-0.1, -0.05) is 47.5 Å². The van der Waals surface area contributed by atoms with Gasteiger partial charge >= 0.3 is 0 Å². The molecule has 1 aliphatic rings. The van der Waals surface area contributed by atoms with E-state index in [9.17, 15) is 9.59 Å². The Hall–Kier alpha value is -2.82. The third-order valence-corrected chi connectivity index (χ3v) is 5.64. The van der Waals surface area contributed by atoms with E-state index >= 15 is 0 Å². The van der Waals surface area contributed by atoms with Crippen molar-refractivity contribution in [2.24, 2.45) is 0 Å². The topological polar surface area (TPSA) is 49.4 Å². The monoisotopic (exact) mass is 424 g/mol. The lowest BCUT2D eigenvalue weighted by molar-refractivity contribution is -0.115. The van der Waals surface area contributed by atoms with Gasteiger partial charge in [-0.25, -0.2) is 0 Å². The summed E-state index contributed by atoms with van der Waals surface area (Å²) in [5.41, 5.74) is 4.15. The van der Waals surface area contributed by atoms with Gasteiger partial charge in [-0.2, -0.15) is 0 Å². The number of halogens is 2. The molecular weight excluding hydrogens is 407 g/mol. The number of hydrogen-bond donors (Lipinski definition) is 1. The molecule has 0 saturated heterocycles. The van der Waals surface area contributed by atoms with Crippen LogP contribution < -0.4 is 10.2 Å². The molecular formula is C23H18Cl2N2O2. The molecule has 0 bridgehead atoms. The Balaban J connectivity index is 1.41. The summed E-state index contributed by atoms with van der Waals surface area (Å²) in [4.78, 5) is 26.9. The van der Waals surface area contributed by atoms with Gasteiger partial charge in [-0.15, -0.1) is 0 Å². The second kappa shape index (κ2) is 8.27. The van der Waals surface area contributed by atoms with E-state index < -0.39 is 0 Å². The smallest absolute Gasteiger partial charge is 0.258 e.